The first-order chi connectivity index (χ1) is 14.6. The van der Waals surface area contributed by atoms with Crippen LogP contribution >= 0.6 is 0 Å². The quantitative estimate of drug-likeness (QED) is 0.268. The summed E-state index contributed by atoms with van der Waals surface area (Å²) in [6, 6.07) is 0. The highest BCUT2D eigenvalue weighted by atomic mass is 14.5. The zero-order valence-electron chi connectivity index (χ0n) is 24.0. The molecule has 0 bridgehead atoms. The van der Waals surface area contributed by atoms with Gasteiger partial charge in [0.25, 0.3) is 0 Å². The van der Waals surface area contributed by atoms with Crippen molar-refractivity contribution in [3.8, 4) is 0 Å². The molecule has 0 N–H and O–H groups in total. The molecule has 1 rings (SSSR count). The van der Waals surface area contributed by atoms with Gasteiger partial charge in [-0.1, -0.05) is 121 Å². The average molecular weight is 435 g/mol. The van der Waals surface area contributed by atoms with Crippen LogP contribution < -0.4 is 0 Å². The molecule has 1 aliphatic rings. The van der Waals surface area contributed by atoms with Gasteiger partial charge in [-0.2, -0.15) is 0 Å². The Labute approximate surface area is 199 Å². The van der Waals surface area contributed by atoms with Gasteiger partial charge in [-0.15, -0.1) is 0 Å². The van der Waals surface area contributed by atoms with Gasteiger partial charge in [0.15, 0.2) is 0 Å². The summed E-state index contributed by atoms with van der Waals surface area (Å²) in [6.07, 6.45) is 10.6. The molecule has 1 aliphatic carbocycles. The lowest BCUT2D eigenvalue weighted by Crippen LogP contribution is -2.49. The molecule has 7 atom stereocenters. The Morgan fingerprint density at radius 2 is 1.55 bits per heavy atom. The van der Waals surface area contributed by atoms with Gasteiger partial charge in [-0.3, -0.25) is 0 Å². The maximum atomic E-state index is 4.34. The molecule has 0 spiro atoms. The largest absolute Gasteiger partial charge is 0.0999 e. The van der Waals surface area contributed by atoms with Crippen molar-refractivity contribution in [3.63, 3.8) is 0 Å². The van der Waals surface area contributed by atoms with E-state index in [1.165, 1.54) is 50.5 Å². The molecule has 0 aromatic heterocycles. The van der Waals surface area contributed by atoms with Crippen LogP contribution in [0, 0.1) is 52.8 Å². The van der Waals surface area contributed by atoms with Crippen molar-refractivity contribution in [3.05, 3.63) is 12.2 Å². The van der Waals surface area contributed by atoms with E-state index in [1.54, 1.807) is 0 Å². The van der Waals surface area contributed by atoms with Gasteiger partial charge in [0.05, 0.1) is 0 Å². The predicted octanol–water partition coefficient (Wildman–Crippen LogP) is 10.8. The van der Waals surface area contributed by atoms with Crippen molar-refractivity contribution >= 4 is 0 Å². The van der Waals surface area contributed by atoms with Gasteiger partial charge in [0, 0.05) is 0 Å². The van der Waals surface area contributed by atoms with Crippen molar-refractivity contribution in [1.82, 2.24) is 0 Å². The van der Waals surface area contributed by atoms with Crippen molar-refractivity contribution in [2.75, 3.05) is 0 Å². The smallest absolute Gasteiger partial charge is 0.0292 e. The molecule has 0 heterocycles. The third-order valence-electron chi connectivity index (χ3n) is 9.16. The molecule has 186 valence electrons. The second-order valence-corrected chi connectivity index (χ2v) is 11.6. The van der Waals surface area contributed by atoms with Gasteiger partial charge in [-0.05, 0) is 78.4 Å². The molecule has 0 amide bonds. The van der Waals surface area contributed by atoms with Crippen LogP contribution in [0.5, 0.6) is 0 Å². The molecule has 0 nitrogen and oxygen atoms in total. The molecule has 1 fully saturated rings. The highest BCUT2D eigenvalue weighted by molar-refractivity contribution is 5.01. The maximum absolute atomic E-state index is 4.34. The van der Waals surface area contributed by atoms with Crippen molar-refractivity contribution in [2.24, 2.45) is 52.8 Å². The fraction of sp³-hybridized carbons (Fsp3) is 0.935. The molecular formula is C31H62. The van der Waals surface area contributed by atoms with Crippen LogP contribution in [-0.4, -0.2) is 0 Å². The summed E-state index contributed by atoms with van der Waals surface area (Å²) in [5.41, 5.74) is 1.87. The summed E-state index contributed by atoms with van der Waals surface area (Å²) in [5, 5.41) is 0. The van der Waals surface area contributed by atoms with Gasteiger partial charge < -0.3 is 0 Å². The minimum atomic E-state index is 0.428. The van der Waals surface area contributed by atoms with Crippen LogP contribution in [0.2, 0.25) is 0 Å². The summed E-state index contributed by atoms with van der Waals surface area (Å²) < 4.78 is 0. The van der Waals surface area contributed by atoms with Gasteiger partial charge in [-0.25, -0.2) is 0 Å². The summed E-state index contributed by atoms with van der Waals surface area (Å²) in [5.74, 6) is 6.85. The normalized spacial score (nSPS) is 29.3. The Kier molecular flexibility index (Phi) is 14.7. The molecule has 0 radical (unpaired) electrons. The standard InChI is InChI=1S/C29H56.C2H6/c1-12-16-25-19-24(14-3)27(23(10)26(25)20(5)6)28(21(7)8)29(11,15-4)18-17-22(9)13-2;1-2/h20-21,23-28H,9,12-19H2,1-8,10-11H3;1-2H3. The van der Waals surface area contributed by atoms with E-state index in [9.17, 15) is 0 Å². The summed E-state index contributed by atoms with van der Waals surface area (Å²) in [4.78, 5) is 0. The van der Waals surface area contributed by atoms with E-state index >= 15 is 0 Å². The van der Waals surface area contributed by atoms with Crippen LogP contribution in [0.4, 0.5) is 0 Å². The van der Waals surface area contributed by atoms with E-state index in [2.05, 4.69) is 75.8 Å². The van der Waals surface area contributed by atoms with Crippen LogP contribution in [0.3, 0.4) is 0 Å². The Bertz CT molecular complexity index is 472. The lowest BCUT2D eigenvalue weighted by atomic mass is 9.49. The third kappa shape index (κ3) is 7.92. The molecule has 0 saturated heterocycles. The molecule has 0 aromatic carbocycles. The lowest BCUT2D eigenvalue weighted by molar-refractivity contribution is -0.0713. The predicted molar refractivity (Wildman–Crippen MR) is 145 cm³/mol. The number of rotatable bonds is 12. The van der Waals surface area contributed by atoms with Crippen LogP contribution in [0.15, 0.2) is 12.2 Å². The molecule has 0 heteroatoms. The maximum Gasteiger partial charge on any atom is -0.0292 e. The molecule has 31 heavy (non-hydrogen) atoms. The molecule has 0 aliphatic heterocycles. The highest BCUT2D eigenvalue weighted by Gasteiger charge is 2.50. The van der Waals surface area contributed by atoms with Gasteiger partial charge >= 0.3 is 0 Å². The number of hydrogen-bond donors (Lipinski definition) is 0. The minimum absolute atomic E-state index is 0.428. The fourth-order valence-electron chi connectivity index (χ4n) is 7.64. The third-order valence-corrected chi connectivity index (χ3v) is 9.16. The lowest BCUT2D eigenvalue weighted by Gasteiger charge is -2.56. The van der Waals surface area contributed by atoms with Crippen molar-refractivity contribution < 1.29 is 0 Å². The SMILES string of the molecule is C=C(CC)CCC(C)(CC)C(C(C)C)C1C(CC)CC(CCC)C(C(C)C)C1C.CC. The topological polar surface area (TPSA) is 0 Å². The summed E-state index contributed by atoms with van der Waals surface area (Å²) in [7, 11) is 0. The van der Waals surface area contributed by atoms with Gasteiger partial charge in [0.1, 0.15) is 0 Å². The zero-order valence-corrected chi connectivity index (χ0v) is 24.0. The van der Waals surface area contributed by atoms with Crippen molar-refractivity contribution in [2.45, 2.75) is 134 Å². The zero-order chi connectivity index (χ0) is 24.4. The molecule has 0 aromatic rings. The molecular weight excluding hydrogens is 372 g/mol. The van der Waals surface area contributed by atoms with E-state index in [0.29, 0.717) is 5.41 Å². The van der Waals surface area contributed by atoms with E-state index in [4.69, 9.17) is 0 Å². The Balaban J connectivity index is 0.00000436. The van der Waals surface area contributed by atoms with E-state index < -0.39 is 0 Å². The second kappa shape index (κ2) is 14.8. The van der Waals surface area contributed by atoms with Gasteiger partial charge in [0.2, 0.25) is 0 Å². The Morgan fingerprint density at radius 3 is 1.94 bits per heavy atom. The highest BCUT2D eigenvalue weighted by Crippen LogP contribution is 2.57. The molecule has 1 saturated carbocycles. The summed E-state index contributed by atoms with van der Waals surface area (Å²) >= 11 is 0. The summed E-state index contributed by atoms with van der Waals surface area (Å²) in [6.45, 7) is 33.3. The van der Waals surface area contributed by atoms with Crippen LogP contribution in [0.25, 0.3) is 0 Å². The first-order valence-corrected chi connectivity index (χ1v) is 14.2. The number of hydrogen-bond acceptors (Lipinski definition) is 0. The van der Waals surface area contributed by atoms with Crippen molar-refractivity contribution in [1.29, 1.82) is 0 Å². The van der Waals surface area contributed by atoms with Crippen LogP contribution in [0.1, 0.15) is 134 Å². The first kappa shape index (κ1) is 30.7. The second-order valence-electron chi connectivity index (χ2n) is 11.6. The Morgan fingerprint density at radius 1 is 0.968 bits per heavy atom. The minimum Gasteiger partial charge on any atom is -0.0999 e. The Hall–Kier alpha value is -0.260. The molecule has 7 unspecified atom stereocenters. The first-order valence-electron chi connectivity index (χ1n) is 14.2. The fourth-order valence-corrected chi connectivity index (χ4v) is 7.64. The van der Waals surface area contributed by atoms with E-state index in [0.717, 1.165) is 53.8 Å². The van der Waals surface area contributed by atoms with E-state index in [-0.39, 0.29) is 0 Å². The average Bonchev–Trinajstić information content (AvgIpc) is 2.74. The van der Waals surface area contributed by atoms with Crippen LogP contribution in [-0.2, 0) is 0 Å². The monoisotopic (exact) mass is 434 g/mol. The number of allylic oxidation sites excluding steroid dienone is 1. The van der Waals surface area contributed by atoms with E-state index in [1.807, 2.05) is 13.8 Å².